The molecule has 0 aromatic carbocycles. The largest absolute Gasteiger partial charge is 0.323 e. The van der Waals surface area contributed by atoms with Crippen molar-refractivity contribution < 1.29 is 9.18 Å². The van der Waals surface area contributed by atoms with Gasteiger partial charge in [-0.05, 0) is 31.2 Å². The van der Waals surface area contributed by atoms with Crippen molar-refractivity contribution in [3.63, 3.8) is 0 Å². The number of hydrogen-bond acceptors (Lipinski definition) is 4. The summed E-state index contributed by atoms with van der Waals surface area (Å²) in [5.74, 6) is 1.23. The lowest BCUT2D eigenvalue weighted by Crippen LogP contribution is -2.67. The molecule has 3 aliphatic rings. The van der Waals surface area contributed by atoms with E-state index in [1.807, 2.05) is 9.80 Å². The van der Waals surface area contributed by atoms with E-state index in [0.29, 0.717) is 24.0 Å². The van der Waals surface area contributed by atoms with Gasteiger partial charge in [-0.1, -0.05) is 11.6 Å². The van der Waals surface area contributed by atoms with Crippen LogP contribution in [0.3, 0.4) is 0 Å². The lowest BCUT2D eigenvalue weighted by molar-refractivity contribution is -0.0795. The van der Waals surface area contributed by atoms with Crippen LogP contribution in [0, 0.1) is 17.2 Å². The van der Waals surface area contributed by atoms with Crippen LogP contribution in [0.25, 0.3) is 0 Å². The van der Waals surface area contributed by atoms with Gasteiger partial charge in [0.15, 0.2) is 0 Å². The van der Waals surface area contributed by atoms with Gasteiger partial charge in [-0.3, -0.25) is 10.1 Å². The summed E-state index contributed by atoms with van der Waals surface area (Å²) in [6.07, 6.45) is 5.65. The Morgan fingerprint density at radius 1 is 1.30 bits per heavy atom. The van der Waals surface area contributed by atoms with Gasteiger partial charge in [0.2, 0.25) is 0 Å². The van der Waals surface area contributed by atoms with E-state index in [0.717, 1.165) is 43.9 Å². The van der Waals surface area contributed by atoms with Crippen molar-refractivity contribution in [2.45, 2.75) is 25.2 Å². The highest BCUT2D eigenvalue weighted by Crippen LogP contribution is 2.53. The SMILES string of the molecule is O=C(N1CC(c2ncn[nH]2)C1)N1CC2(CC(Cc3ncc(F)cc3Cl)C2)C1. The van der Waals surface area contributed by atoms with Gasteiger partial charge in [0, 0.05) is 31.6 Å². The summed E-state index contributed by atoms with van der Waals surface area (Å²) in [5.41, 5.74) is 1.03. The summed E-state index contributed by atoms with van der Waals surface area (Å²) in [4.78, 5) is 24.6. The van der Waals surface area contributed by atoms with Crippen LogP contribution in [0.2, 0.25) is 5.02 Å². The zero-order valence-corrected chi connectivity index (χ0v) is 15.5. The second-order valence-corrected chi connectivity index (χ2v) is 8.58. The maximum Gasteiger partial charge on any atom is 0.320 e. The Kier molecular flexibility index (Phi) is 3.86. The van der Waals surface area contributed by atoms with Gasteiger partial charge in [0.1, 0.15) is 18.0 Å². The molecule has 4 heterocycles. The predicted molar refractivity (Wildman–Crippen MR) is 95.7 cm³/mol. The van der Waals surface area contributed by atoms with Crippen molar-refractivity contribution in [3.05, 3.63) is 40.9 Å². The molecule has 0 radical (unpaired) electrons. The number of nitrogens with zero attached hydrogens (tertiary/aromatic N) is 5. The number of rotatable bonds is 3. The molecule has 2 saturated heterocycles. The van der Waals surface area contributed by atoms with Gasteiger partial charge in [-0.25, -0.2) is 14.2 Å². The van der Waals surface area contributed by atoms with E-state index in [-0.39, 0.29) is 17.4 Å². The predicted octanol–water partition coefficient (Wildman–Crippen LogP) is 2.47. The third-order valence-electron chi connectivity index (χ3n) is 6.10. The number of urea groups is 1. The maximum absolute atomic E-state index is 13.1. The van der Waals surface area contributed by atoms with Gasteiger partial charge in [-0.2, -0.15) is 5.10 Å². The average molecular weight is 391 g/mol. The van der Waals surface area contributed by atoms with E-state index in [1.54, 1.807) is 0 Å². The van der Waals surface area contributed by atoms with Crippen molar-refractivity contribution in [3.8, 4) is 0 Å². The molecule has 5 rings (SSSR count). The highest BCUT2D eigenvalue weighted by Gasteiger charge is 2.54. The van der Waals surface area contributed by atoms with E-state index in [2.05, 4.69) is 20.2 Å². The molecule has 1 spiro atoms. The Balaban J connectivity index is 1.08. The summed E-state index contributed by atoms with van der Waals surface area (Å²) in [7, 11) is 0. The monoisotopic (exact) mass is 390 g/mol. The fourth-order valence-corrected chi connectivity index (χ4v) is 4.98. The number of nitrogens with one attached hydrogen (secondary N) is 1. The Hall–Kier alpha value is -2.22. The third-order valence-corrected chi connectivity index (χ3v) is 6.43. The number of aromatic amines is 1. The second-order valence-electron chi connectivity index (χ2n) is 8.17. The first kappa shape index (κ1) is 16.9. The molecule has 0 atom stereocenters. The molecule has 1 aliphatic carbocycles. The summed E-state index contributed by atoms with van der Waals surface area (Å²) < 4.78 is 13.1. The molecule has 27 heavy (non-hydrogen) atoms. The molecule has 0 unspecified atom stereocenters. The van der Waals surface area contributed by atoms with E-state index >= 15 is 0 Å². The van der Waals surface area contributed by atoms with Gasteiger partial charge in [0.05, 0.1) is 22.8 Å². The summed E-state index contributed by atoms with van der Waals surface area (Å²) in [5, 5.41) is 7.13. The van der Waals surface area contributed by atoms with Crippen LogP contribution >= 0.6 is 11.6 Å². The number of likely N-dealkylation sites (tertiary alicyclic amines) is 2. The molecule has 9 heteroatoms. The fourth-order valence-electron chi connectivity index (χ4n) is 4.75. The molecule has 1 saturated carbocycles. The van der Waals surface area contributed by atoms with Crippen molar-refractivity contribution in [1.82, 2.24) is 30.0 Å². The number of pyridine rings is 1. The zero-order valence-electron chi connectivity index (χ0n) is 14.7. The number of H-pyrrole nitrogens is 1. The summed E-state index contributed by atoms with van der Waals surface area (Å²) in [6.45, 7) is 3.07. The Labute approximate surface area is 160 Å². The van der Waals surface area contributed by atoms with E-state index in [9.17, 15) is 9.18 Å². The fraction of sp³-hybridized carbons (Fsp3) is 0.556. The zero-order chi connectivity index (χ0) is 18.6. The van der Waals surface area contributed by atoms with E-state index < -0.39 is 5.82 Å². The number of hydrogen-bond donors (Lipinski definition) is 1. The molecule has 0 bridgehead atoms. The normalized spacial score (nSPS) is 21.7. The minimum Gasteiger partial charge on any atom is -0.323 e. The minimum absolute atomic E-state index is 0.128. The molecule has 2 amide bonds. The highest BCUT2D eigenvalue weighted by atomic mass is 35.5. The quantitative estimate of drug-likeness (QED) is 0.873. The van der Waals surface area contributed by atoms with Gasteiger partial charge in [-0.15, -0.1) is 0 Å². The van der Waals surface area contributed by atoms with Gasteiger partial charge in [0.25, 0.3) is 0 Å². The standard InChI is InChI=1S/C18H20ClFN6O/c19-14-2-13(20)5-21-15(14)1-11-3-18(4-11)8-26(9-18)17(27)25-6-12(7-25)16-22-10-23-24-16/h2,5,10-12H,1,3-4,6-9H2,(H,22,23,24). The number of halogens is 2. The number of carbonyl (C=O) groups excluding carboxylic acids is 1. The summed E-state index contributed by atoms with van der Waals surface area (Å²) >= 11 is 6.07. The van der Waals surface area contributed by atoms with Crippen molar-refractivity contribution in [2.24, 2.45) is 11.3 Å². The van der Waals surface area contributed by atoms with E-state index in [1.165, 1.54) is 18.6 Å². The smallest absolute Gasteiger partial charge is 0.320 e. The summed E-state index contributed by atoms with van der Waals surface area (Å²) in [6, 6.07) is 1.45. The van der Waals surface area contributed by atoms with Crippen LogP contribution in [0.1, 0.15) is 30.3 Å². The first-order valence-corrected chi connectivity index (χ1v) is 9.58. The van der Waals surface area contributed by atoms with Crippen molar-refractivity contribution in [2.75, 3.05) is 26.2 Å². The Bertz CT molecular complexity index is 855. The molecule has 2 aromatic heterocycles. The van der Waals surface area contributed by atoms with Crippen molar-refractivity contribution in [1.29, 1.82) is 0 Å². The van der Waals surface area contributed by atoms with Crippen LogP contribution in [-0.2, 0) is 6.42 Å². The Morgan fingerprint density at radius 3 is 2.74 bits per heavy atom. The minimum atomic E-state index is -0.404. The van der Waals surface area contributed by atoms with Gasteiger partial charge < -0.3 is 9.80 Å². The second kappa shape index (κ2) is 6.15. The third kappa shape index (κ3) is 2.96. The molecule has 3 fully saturated rings. The van der Waals surface area contributed by atoms with Crippen LogP contribution in [0.5, 0.6) is 0 Å². The number of amides is 2. The van der Waals surface area contributed by atoms with E-state index in [4.69, 9.17) is 11.6 Å². The molecular formula is C18H20ClFN6O. The topological polar surface area (TPSA) is 78.0 Å². The molecule has 1 N–H and O–H groups in total. The molecule has 2 aromatic rings. The molecule has 7 nitrogen and oxygen atoms in total. The highest BCUT2D eigenvalue weighted by molar-refractivity contribution is 6.31. The number of carbonyl (C=O) groups is 1. The molecular weight excluding hydrogens is 371 g/mol. The lowest BCUT2D eigenvalue weighted by atomic mass is 9.57. The lowest BCUT2D eigenvalue weighted by Gasteiger charge is -2.60. The molecule has 142 valence electrons. The molecule has 2 aliphatic heterocycles. The van der Waals surface area contributed by atoms with Gasteiger partial charge >= 0.3 is 6.03 Å². The van der Waals surface area contributed by atoms with Crippen molar-refractivity contribution >= 4 is 17.6 Å². The average Bonchev–Trinajstić information content (AvgIpc) is 3.02. The van der Waals surface area contributed by atoms with Crippen LogP contribution in [0.15, 0.2) is 18.6 Å². The first-order chi connectivity index (χ1) is 13.0. The van der Waals surface area contributed by atoms with Crippen LogP contribution in [-0.4, -0.2) is 62.2 Å². The van der Waals surface area contributed by atoms with Crippen LogP contribution in [0.4, 0.5) is 9.18 Å². The Morgan fingerprint density at radius 2 is 2.07 bits per heavy atom. The maximum atomic E-state index is 13.1. The first-order valence-electron chi connectivity index (χ1n) is 9.20. The number of aromatic nitrogens is 4. The van der Waals surface area contributed by atoms with Crippen LogP contribution < -0.4 is 0 Å².